The largest absolute Gasteiger partial charge is 0.395 e. The molecule has 1 aromatic heterocycles. The Hall–Kier alpha value is -1.65. The van der Waals surface area contributed by atoms with E-state index in [0.29, 0.717) is 24.5 Å². The van der Waals surface area contributed by atoms with Crippen LogP contribution in [0.3, 0.4) is 0 Å². The van der Waals surface area contributed by atoms with Crippen molar-refractivity contribution in [2.45, 2.75) is 24.8 Å². The first-order chi connectivity index (χ1) is 10.8. The number of aliphatic hydroxyl groups excluding tert-OH is 1. The highest BCUT2D eigenvalue weighted by Crippen LogP contribution is 2.42. The highest BCUT2D eigenvalue weighted by atomic mass is 16.3. The molecule has 2 bridgehead atoms. The quantitative estimate of drug-likeness (QED) is 0.945. The zero-order valence-electron chi connectivity index (χ0n) is 13.0. The molecule has 0 amide bonds. The molecule has 3 saturated heterocycles. The van der Waals surface area contributed by atoms with E-state index in [1.807, 2.05) is 6.07 Å². The van der Waals surface area contributed by atoms with E-state index in [2.05, 4.69) is 47.0 Å². The van der Waals surface area contributed by atoms with Crippen molar-refractivity contribution in [3.8, 4) is 11.3 Å². The maximum absolute atomic E-state index is 9.52. The molecule has 3 fully saturated rings. The Labute approximate surface area is 131 Å². The highest BCUT2D eigenvalue weighted by molar-refractivity contribution is 5.59. The van der Waals surface area contributed by atoms with Gasteiger partial charge in [-0.25, -0.2) is 0 Å². The molecule has 4 atom stereocenters. The van der Waals surface area contributed by atoms with Gasteiger partial charge in [-0.05, 0) is 31.4 Å². The van der Waals surface area contributed by atoms with Crippen LogP contribution < -0.4 is 0 Å². The van der Waals surface area contributed by atoms with Gasteiger partial charge in [-0.2, -0.15) is 5.10 Å². The van der Waals surface area contributed by atoms with E-state index in [0.717, 1.165) is 25.2 Å². The van der Waals surface area contributed by atoms with Crippen molar-refractivity contribution in [3.63, 3.8) is 0 Å². The number of benzene rings is 1. The number of rotatable bonds is 3. The van der Waals surface area contributed by atoms with Gasteiger partial charge in [0, 0.05) is 36.8 Å². The number of aryl methyl sites for hydroxylation is 1. The molecule has 1 aromatic carbocycles. The summed E-state index contributed by atoms with van der Waals surface area (Å²) >= 11 is 0. The second-order valence-corrected chi connectivity index (χ2v) is 6.67. The molecule has 3 aliphatic heterocycles. The van der Waals surface area contributed by atoms with Crippen LogP contribution in [0.1, 0.15) is 24.5 Å². The van der Waals surface area contributed by atoms with Crippen molar-refractivity contribution in [1.82, 2.24) is 14.7 Å². The Balaban J connectivity index is 1.63. The molecule has 22 heavy (non-hydrogen) atoms. The summed E-state index contributed by atoms with van der Waals surface area (Å²) in [6.07, 6.45) is 2.36. The van der Waals surface area contributed by atoms with Gasteiger partial charge < -0.3 is 5.11 Å². The first kappa shape index (κ1) is 14.0. The maximum atomic E-state index is 9.52. The van der Waals surface area contributed by atoms with Crippen molar-refractivity contribution < 1.29 is 5.11 Å². The van der Waals surface area contributed by atoms with Crippen molar-refractivity contribution in [2.75, 3.05) is 19.7 Å². The molecule has 0 saturated carbocycles. The number of fused-ring (bicyclic) bond motifs is 3. The van der Waals surface area contributed by atoms with Crippen molar-refractivity contribution in [2.24, 2.45) is 13.0 Å². The molecule has 4 heteroatoms. The van der Waals surface area contributed by atoms with Gasteiger partial charge >= 0.3 is 0 Å². The van der Waals surface area contributed by atoms with E-state index in [1.54, 1.807) is 0 Å². The summed E-state index contributed by atoms with van der Waals surface area (Å²) in [5, 5.41) is 14.2. The van der Waals surface area contributed by atoms with Gasteiger partial charge in [-0.1, -0.05) is 30.3 Å². The van der Waals surface area contributed by atoms with Gasteiger partial charge in [0.25, 0.3) is 0 Å². The number of aromatic nitrogens is 2. The number of hydrogen-bond donors (Lipinski definition) is 1. The molecule has 0 aliphatic carbocycles. The lowest BCUT2D eigenvalue weighted by atomic mass is 9.74. The third-order valence-electron chi connectivity index (χ3n) is 5.45. The molecule has 1 N–H and O–H groups in total. The smallest absolute Gasteiger partial charge is 0.0926 e. The molecule has 3 aliphatic rings. The van der Waals surface area contributed by atoms with Crippen molar-refractivity contribution in [1.29, 1.82) is 0 Å². The molecule has 0 spiro atoms. The number of nitrogens with zero attached hydrogens (tertiary/aromatic N) is 3. The van der Waals surface area contributed by atoms with Crippen LogP contribution in [0.5, 0.6) is 0 Å². The Morgan fingerprint density at radius 1 is 1.27 bits per heavy atom. The molecular formula is C18H23N3O. The first-order valence-electron chi connectivity index (χ1n) is 8.20. The van der Waals surface area contributed by atoms with E-state index in [4.69, 9.17) is 5.10 Å². The van der Waals surface area contributed by atoms with Crippen molar-refractivity contribution >= 4 is 0 Å². The Morgan fingerprint density at radius 3 is 2.77 bits per heavy atom. The van der Waals surface area contributed by atoms with E-state index < -0.39 is 0 Å². The summed E-state index contributed by atoms with van der Waals surface area (Å²) in [7, 11) is 2.06. The molecule has 4 heterocycles. The maximum Gasteiger partial charge on any atom is 0.0926 e. The summed E-state index contributed by atoms with van der Waals surface area (Å²) in [5.74, 6) is 1.23. The van der Waals surface area contributed by atoms with Crippen molar-refractivity contribution in [3.05, 3.63) is 42.1 Å². The number of aliphatic hydroxyl groups is 1. The minimum Gasteiger partial charge on any atom is -0.395 e. The minimum atomic E-state index is 0.296. The predicted molar refractivity (Wildman–Crippen MR) is 86.6 cm³/mol. The fraction of sp³-hybridized carbons (Fsp3) is 0.500. The summed E-state index contributed by atoms with van der Waals surface area (Å²) in [5.41, 5.74) is 3.58. The zero-order valence-corrected chi connectivity index (χ0v) is 13.0. The predicted octanol–water partition coefficient (Wildman–Crippen LogP) is 2.26. The van der Waals surface area contributed by atoms with Crippen LogP contribution in [0.4, 0.5) is 0 Å². The second-order valence-electron chi connectivity index (χ2n) is 6.67. The monoisotopic (exact) mass is 297 g/mol. The van der Waals surface area contributed by atoms with Crippen LogP contribution in [0.15, 0.2) is 36.4 Å². The average molecular weight is 297 g/mol. The Bertz CT molecular complexity index is 652. The molecular weight excluding hydrogens is 274 g/mol. The van der Waals surface area contributed by atoms with E-state index in [-0.39, 0.29) is 0 Å². The van der Waals surface area contributed by atoms with E-state index in [1.165, 1.54) is 17.7 Å². The van der Waals surface area contributed by atoms with Crippen LogP contribution in [0, 0.1) is 5.92 Å². The summed E-state index contributed by atoms with van der Waals surface area (Å²) in [4.78, 5) is 2.46. The van der Waals surface area contributed by atoms with Crippen LogP contribution in [-0.2, 0) is 7.05 Å². The van der Waals surface area contributed by atoms with E-state index >= 15 is 0 Å². The van der Waals surface area contributed by atoms with Crippen LogP contribution in [0.2, 0.25) is 0 Å². The zero-order chi connectivity index (χ0) is 15.1. The van der Waals surface area contributed by atoms with Gasteiger partial charge in [0.05, 0.1) is 12.3 Å². The Kier molecular flexibility index (Phi) is 3.51. The lowest BCUT2D eigenvalue weighted by Gasteiger charge is -2.49. The normalized spacial score (nSPS) is 30.6. The first-order valence-corrected chi connectivity index (χ1v) is 8.20. The summed E-state index contributed by atoms with van der Waals surface area (Å²) in [6.45, 7) is 2.49. The third-order valence-corrected chi connectivity index (χ3v) is 5.45. The molecule has 2 aromatic rings. The van der Waals surface area contributed by atoms with Crippen LogP contribution in [0.25, 0.3) is 11.3 Å². The molecule has 116 valence electrons. The third kappa shape index (κ3) is 2.27. The number of piperidine rings is 3. The fourth-order valence-corrected chi connectivity index (χ4v) is 4.24. The lowest BCUT2D eigenvalue weighted by Crippen LogP contribution is -2.53. The summed E-state index contributed by atoms with van der Waals surface area (Å²) < 4.78 is 2.06. The lowest BCUT2D eigenvalue weighted by molar-refractivity contribution is 0.00105. The number of hydrogen-bond acceptors (Lipinski definition) is 3. The van der Waals surface area contributed by atoms with E-state index in [9.17, 15) is 5.11 Å². The van der Waals surface area contributed by atoms with Gasteiger partial charge in [-0.3, -0.25) is 9.58 Å². The average Bonchev–Trinajstić information content (AvgIpc) is 2.97. The van der Waals surface area contributed by atoms with Crippen LogP contribution >= 0.6 is 0 Å². The molecule has 1 unspecified atom stereocenters. The van der Waals surface area contributed by atoms with Gasteiger partial charge in [0.1, 0.15) is 0 Å². The SMILES string of the molecule is Cn1nc(-c2ccccc2)cc1[C@@H]1CN2CC[C@H]1C[C@@H]2CO. The molecule has 5 rings (SSSR count). The Morgan fingerprint density at radius 2 is 2.09 bits per heavy atom. The van der Waals surface area contributed by atoms with Gasteiger partial charge in [0.15, 0.2) is 0 Å². The van der Waals surface area contributed by atoms with Crippen LogP contribution in [-0.4, -0.2) is 45.5 Å². The molecule has 0 radical (unpaired) electrons. The fourth-order valence-electron chi connectivity index (χ4n) is 4.24. The minimum absolute atomic E-state index is 0.296. The molecule has 4 nitrogen and oxygen atoms in total. The standard InChI is InChI=1S/C18H23N3O/c1-20-18(10-17(19-20)13-5-3-2-4-6-13)16-11-21-8-7-14(16)9-15(21)12-22/h2-6,10,14-16,22H,7-9,11-12H2,1H3/t14-,15+,16+/m0/s1. The summed E-state index contributed by atoms with van der Waals surface area (Å²) in [6, 6.07) is 13.0. The highest BCUT2D eigenvalue weighted by Gasteiger charge is 2.41. The second kappa shape index (κ2) is 5.52. The van der Waals surface area contributed by atoms with Gasteiger partial charge in [-0.15, -0.1) is 0 Å². The van der Waals surface area contributed by atoms with Gasteiger partial charge in [0.2, 0.25) is 0 Å². The topological polar surface area (TPSA) is 41.3 Å².